The number of imide groups is 1. The molecule has 5 atom stereocenters. The average Bonchev–Trinajstić information content (AvgIpc) is 3.23. The van der Waals surface area contributed by atoms with E-state index in [1.807, 2.05) is 29.2 Å². The van der Waals surface area contributed by atoms with E-state index in [1.165, 1.54) is 17.0 Å². The van der Waals surface area contributed by atoms with E-state index in [0.717, 1.165) is 26.5 Å². The number of aliphatic hydroxyl groups is 2. The number of sulfonamides is 1. The Morgan fingerprint density at radius 2 is 1.44 bits per heavy atom. The molecule has 6 rings (SSSR count). The first-order valence-corrected chi connectivity index (χ1v) is 15.8. The predicted octanol–water partition coefficient (Wildman–Crippen LogP) is 2.22. The summed E-state index contributed by atoms with van der Waals surface area (Å²) in [6, 6.07) is 17.9. The van der Waals surface area contributed by atoms with Crippen LogP contribution in [0.25, 0.3) is 0 Å². The summed E-state index contributed by atoms with van der Waals surface area (Å²) in [7, 11) is -4.49. The first-order chi connectivity index (χ1) is 20.5. The minimum Gasteiger partial charge on any atom is -0.389 e. The van der Waals surface area contributed by atoms with Gasteiger partial charge in [-0.25, -0.2) is 8.42 Å². The highest BCUT2D eigenvalue weighted by Gasteiger charge is 2.54. The normalized spacial score (nSPS) is 26.3. The fourth-order valence-corrected chi connectivity index (χ4v) is 8.25. The standard InChI is InChI=1S/C29H27BrN4O8S/c30-18-11-9-17(10-12-18)27-22-13-31(43(41,42)26-8-4-3-7-21(26)34(39)40)15-24(35)25(36)16-32(22)23(27)14-33-28(37)19-5-1-2-6-20(19)29(33)38/h1-12,22-25,27,35-36H,13-16H2/t22-,23+,24?,25?,27+/m0/s1. The zero-order chi connectivity index (χ0) is 30.6. The lowest BCUT2D eigenvalue weighted by Gasteiger charge is -2.58. The molecule has 2 saturated heterocycles. The van der Waals surface area contributed by atoms with Crippen LogP contribution >= 0.6 is 15.9 Å². The van der Waals surface area contributed by atoms with Crippen molar-refractivity contribution in [1.29, 1.82) is 0 Å². The summed E-state index contributed by atoms with van der Waals surface area (Å²) in [5, 5.41) is 33.4. The smallest absolute Gasteiger partial charge is 0.289 e. The molecule has 0 bridgehead atoms. The topological polar surface area (TPSA) is 162 Å². The molecule has 224 valence electrons. The number of aliphatic hydroxyl groups excluding tert-OH is 2. The highest BCUT2D eigenvalue weighted by atomic mass is 79.9. The molecule has 0 saturated carbocycles. The molecule has 3 aliphatic rings. The Morgan fingerprint density at radius 1 is 0.860 bits per heavy atom. The van der Waals surface area contributed by atoms with Crippen molar-refractivity contribution >= 4 is 43.5 Å². The molecule has 3 heterocycles. The number of para-hydroxylation sites is 1. The van der Waals surface area contributed by atoms with Crippen LogP contribution in [0.4, 0.5) is 5.69 Å². The number of halogens is 1. The average molecular weight is 672 g/mol. The van der Waals surface area contributed by atoms with Crippen molar-refractivity contribution in [3.63, 3.8) is 0 Å². The number of rotatable bonds is 6. The predicted molar refractivity (Wildman–Crippen MR) is 157 cm³/mol. The maximum Gasteiger partial charge on any atom is 0.289 e. The third-order valence-electron chi connectivity index (χ3n) is 8.49. The van der Waals surface area contributed by atoms with Gasteiger partial charge in [-0.2, -0.15) is 4.31 Å². The lowest BCUT2D eigenvalue weighted by Crippen LogP contribution is -2.72. The van der Waals surface area contributed by atoms with E-state index in [1.54, 1.807) is 24.3 Å². The molecule has 0 radical (unpaired) electrons. The Kier molecular flexibility index (Phi) is 7.69. The molecule has 0 spiro atoms. The SMILES string of the molecule is O=C1c2ccccc2C(=O)N1C[C@@H]1[C@H](c2ccc(Br)cc2)[C@@H]2CN(S(=O)(=O)c3ccccc3[N+](=O)[O-])CC(O)C(O)CN12. The van der Waals surface area contributed by atoms with Crippen molar-refractivity contribution in [3.05, 3.63) is 104 Å². The van der Waals surface area contributed by atoms with Gasteiger partial charge >= 0.3 is 0 Å². The van der Waals surface area contributed by atoms with Crippen molar-refractivity contribution in [1.82, 2.24) is 14.1 Å². The first-order valence-electron chi connectivity index (χ1n) is 13.5. The molecule has 2 unspecified atom stereocenters. The molecular formula is C29H27BrN4O8S. The van der Waals surface area contributed by atoms with Crippen LogP contribution < -0.4 is 0 Å². The van der Waals surface area contributed by atoms with Gasteiger partial charge in [0.2, 0.25) is 10.0 Å². The Bertz CT molecular complexity index is 1680. The van der Waals surface area contributed by atoms with E-state index in [9.17, 15) is 38.3 Å². The van der Waals surface area contributed by atoms with Gasteiger partial charge in [-0.15, -0.1) is 0 Å². The summed E-state index contributed by atoms with van der Waals surface area (Å²) in [5.41, 5.74) is 0.824. The summed E-state index contributed by atoms with van der Waals surface area (Å²) in [6.45, 7) is -0.692. The second-order valence-corrected chi connectivity index (χ2v) is 13.7. The number of amides is 2. The van der Waals surface area contributed by atoms with Crippen LogP contribution in [0.1, 0.15) is 32.2 Å². The number of nitro groups is 1. The molecule has 2 N–H and O–H groups in total. The highest BCUT2D eigenvalue weighted by Crippen LogP contribution is 2.44. The van der Waals surface area contributed by atoms with Crippen LogP contribution in [0.3, 0.4) is 0 Å². The number of hydrogen-bond acceptors (Lipinski definition) is 9. The monoisotopic (exact) mass is 670 g/mol. The molecule has 43 heavy (non-hydrogen) atoms. The summed E-state index contributed by atoms with van der Waals surface area (Å²) < 4.78 is 29.5. The lowest BCUT2D eigenvalue weighted by atomic mass is 9.73. The number of nitrogens with zero attached hydrogens (tertiary/aromatic N) is 4. The van der Waals surface area contributed by atoms with Crippen molar-refractivity contribution in [2.24, 2.45) is 0 Å². The Balaban J connectivity index is 1.38. The van der Waals surface area contributed by atoms with E-state index in [0.29, 0.717) is 11.1 Å². The summed E-state index contributed by atoms with van der Waals surface area (Å²) in [6.07, 6.45) is -2.87. The molecule has 2 amide bonds. The number of β-amino-alcohol motifs (C(OH)–C–C–N with tert-alkyl or cyclic N) is 1. The zero-order valence-electron chi connectivity index (χ0n) is 22.6. The van der Waals surface area contributed by atoms with Crippen LogP contribution in [0.2, 0.25) is 0 Å². The quantitative estimate of drug-likeness (QED) is 0.228. The number of carbonyl (C=O) groups is 2. The number of fused-ring (bicyclic) bond motifs is 2. The van der Waals surface area contributed by atoms with Crippen LogP contribution in [0.15, 0.2) is 82.2 Å². The van der Waals surface area contributed by atoms with Gasteiger partial charge in [0, 0.05) is 54.7 Å². The molecule has 12 nitrogen and oxygen atoms in total. The van der Waals surface area contributed by atoms with Crippen LogP contribution in [-0.4, -0.2) is 99.9 Å². The lowest BCUT2D eigenvalue weighted by molar-refractivity contribution is -0.387. The van der Waals surface area contributed by atoms with E-state index < -0.39 is 68.2 Å². The fraction of sp³-hybridized carbons (Fsp3) is 0.310. The molecule has 3 aromatic rings. The summed E-state index contributed by atoms with van der Waals surface area (Å²) in [5.74, 6) is -1.26. The van der Waals surface area contributed by atoms with Gasteiger partial charge in [-0.1, -0.05) is 52.3 Å². The van der Waals surface area contributed by atoms with Crippen LogP contribution in [0, 0.1) is 10.1 Å². The van der Waals surface area contributed by atoms with Gasteiger partial charge in [-0.3, -0.25) is 29.5 Å². The molecule has 14 heteroatoms. The third kappa shape index (κ3) is 5.07. The maximum atomic E-state index is 13.9. The molecule has 0 aromatic heterocycles. The van der Waals surface area contributed by atoms with Gasteiger partial charge in [0.15, 0.2) is 4.90 Å². The van der Waals surface area contributed by atoms with Gasteiger partial charge in [0.25, 0.3) is 17.5 Å². The van der Waals surface area contributed by atoms with Crippen molar-refractivity contribution in [2.75, 3.05) is 26.2 Å². The second-order valence-electron chi connectivity index (χ2n) is 10.9. The molecule has 2 fully saturated rings. The molecular weight excluding hydrogens is 644 g/mol. The number of nitro benzene ring substituents is 1. The second kappa shape index (κ2) is 11.2. The Hall–Kier alpha value is -3.53. The minimum absolute atomic E-state index is 0.0245. The van der Waals surface area contributed by atoms with Crippen LogP contribution in [-0.2, 0) is 10.0 Å². The molecule has 3 aromatic carbocycles. The molecule has 0 aliphatic carbocycles. The maximum absolute atomic E-state index is 13.9. The fourth-order valence-electron chi connectivity index (χ4n) is 6.36. The number of hydrogen-bond donors (Lipinski definition) is 2. The van der Waals surface area contributed by atoms with Gasteiger partial charge in [-0.05, 0) is 35.9 Å². The van der Waals surface area contributed by atoms with Crippen LogP contribution in [0.5, 0.6) is 0 Å². The first kappa shape index (κ1) is 29.5. The third-order valence-corrected chi connectivity index (χ3v) is 10.9. The van der Waals surface area contributed by atoms with Crippen molar-refractivity contribution in [3.8, 4) is 0 Å². The van der Waals surface area contributed by atoms with Gasteiger partial charge < -0.3 is 10.2 Å². The van der Waals surface area contributed by atoms with Gasteiger partial charge in [0.05, 0.1) is 28.3 Å². The zero-order valence-corrected chi connectivity index (χ0v) is 25.0. The Labute approximate surface area is 255 Å². The molecule has 3 aliphatic heterocycles. The minimum atomic E-state index is -4.49. The summed E-state index contributed by atoms with van der Waals surface area (Å²) in [4.78, 5) is 39.9. The van der Waals surface area contributed by atoms with Gasteiger partial charge in [0.1, 0.15) is 0 Å². The largest absolute Gasteiger partial charge is 0.389 e. The number of benzene rings is 3. The van der Waals surface area contributed by atoms with E-state index in [2.05, 4.69) is 15.9 Å². The van der Waals surface area contributed by atoms with E-state index in [4.69, 9.17) is 0 Å². The van der Waals surface area contributed by atoms with Crippen molar-refractivity contribution in [2.45, 2.75) is 35.1 Å². The van der Waals surface area contributed by atoms with Crippen molar-refractivity contribution < 1.29 is 33.1 Å². The number of carbonyl (C=O) groups excluding carboxylic acids is 2. The highest BCUT2D eigenvalue weighted by molar-refractivity contribution is 9.10. The van der Waals surface area contributed by atoms with E-state index >= 15 is 0 Å². The Morgan fingerprint density at radius 3 is 2.07 bits per heavy atom. The van der Waals surface area contributed by atoms with E-state index in [-0.39, 0.29) is 25.6 Å². The summed E-state index contributed by atoms with van der Waals surface area (Å²) >= 11 is 3.43.